The predicted octanol–water partition coefficient (Wildman–Crippen LogP) is 8.42. The number of ether oxygens (including phenoxy) is 5. The van der Waals surface area contributed by atoms with Crippen molar-refractivity contribution in [1.29, 1.82) is 0 Å². The molecule has 302 valence electrons. The summed E-state index contributed by atoms with van der Waals surface area (Å²) in [5.41, 5.74) is 8.46. The lowest BCUT2D eigenvalue weighted by Crippen LogP contribution is -2.38. The van der Waals surface area contributed by atoms with Gasteiger partial charge in [0, 0.05) is 19.0 Å². The van der Waals surface area contributed by atoms with Crippen LogP contribution in [-0.4, -0.2) is 74.5 Å². The van der Waals surface area contributed by atoms with Crippen LogP contribution < -0.4 is 21.7 Å². The molecule has 3 amide bonds. The second-order valence-corrected chi connectivity index (χ2v) is 14.9. The molecule has 12 heteroatoms. The molecule has 5 N–H and O–H groups in total. The van der Waals surface area contributed by atoms with Gasteiger partial charge in [-0.25, -0.2) is 14.4 Å². The summed E-state index contributed by atoms with van der Waals surface area (Å²) in [4.78, 5) is 35.7. The summed E-state index contributed by atoms with van der Waals surface area (Å²) < 4.78 is 26.7. The van der Waals surface area contributed by atoms with Crippen LogP contribution in [0.5, 0.6) is 0 Å². The fourth-order valence-corrected chi connectivity index (χ4v) is 5.13. The molecule has 0 saturated carbocycles. The number of allylic oxidation sites excluding steroid dienone is 1. The van der Waals surface area contributed by atoms with Crippen molar-refractivity contribution >= 4 is 23.9 Å². The fourth-order valence-electron chi connectivity index (χ4n) is 5.13. The molecular formula is C42H66N4O8. The first kappa shape index (κ1) is 47.3. The standard InChI is InChI=1S/C27H38N2O5.C15H28N2O3/c1-7-16-32-20(3)24(14-10-11-15-28-25(30)34-27(4,5)6)29-26(31)33-18-21-17-19(2)22-12-8-9-13-23(21)22;1-6-11-19-12(2)13(16)9-7-8-10-17-14(18)20-15(3,4)5/h7-9,12-13,17,21,24H,1,3,10-11,14-16,18H2,2,4-6H3,(H,28,30)(H,29,31);6,13H,1-2,7-11,16H2,3-5H3,(H,17,18). The summed E-state index contributed by atoms with van der Waals surface area (Å²) in [5.74, 6) is 1.06. The van der Waals surface area contributed by atoms with Gasteiger partial charge < -0.3 is 45.4 Å². The Balaban J connectivity index is 0.000000623. The zero-order valence-corrected chi connectivity index (χ0v) is 33.7. The Morgan fingerprint density at radius 3 is 1.83 bits per heavy atom. The van der Waals surface area contributed by atoms with Gasteiger partial charge in [0.05, 0.1) is 12.1 Å². The zero-order chi connectivity index (χ0) is 40.7. The van der Waals surface area contributed by atoms with Crippen molar-refractivity contribution in [3.8, 4) is 0 Å². The lowest BCUT2D eigenvalue weighted by molar-refractivity contribution is 0.0515. The molecule has 0 radical (unpaired) electrons. The second-order valence-electron chi connectivity index (χ2n) is 14.9. The molecule has 3 unspecified atom stereocenters. The molecule has 0 bridgehead atoms. The van der Waals surface area contributed by atoms with E-state index in [0.717, 1.165) is 25.7 Å². The molecule has 1 aromatic rings. The molecule has 0 fully saturated rings. The van der Waals surface area contributed by atoms with E-state index >= 15 is 0 Å². The first-order valence-electron chi connectivity index (χ1n) is 18.6. The average molecular weight is 755 g/mol. The van der Waals surface area contributed by atoms with Crippen molar-refractivity contribution in [3.63, 3.8) is 0 Å². The van der Waals surface area contributed by atoms with Gasteiger partial charge in [0.25, 0.3) is 0 Å². The van der Waals surface area contributed by atoms with Crippen LogP contribution in [0.25, 0.3) is 5.57 Å². The van der Waals surface area contributed by atoms with E-state index in [1.807, 2.05) is 53.7 Å². The molecule has 0 aliphatic heterocycles. The molecule has 1 aliphatic carbocycles. The van der Waals surface area contributed by atoms with Crippen LogP contribution in [0.15, 0.2) is 80.3 Å². The van der Waals surface area contributed by atoms with Crippen LogP contribution in [0.3, 0.4) is 0 Å². The molecular weight excluding hydrogens is 688 g/mol. The van der Waals surface area contributed by atoms with Crippen LogP contribution in [0.1, 0.15) is 104 Å². The Morgan fingerprint density at radius 2 is 1.30 bits per heavy atom. The SMILES string of the molecule is C=CCOC(=C)C(CCCCNC(=O)OC(C)(C)C)NC(=O)OCC1C=C(C)c2ccccc21.C=CCOC(=C)C(N)CCCCNC(=O)OC(C)(C)C. The first-order valence-corrected chi connectivity index (χ1v) is 18.6. The van der Waals surface area contributed by atoms with Crippen molar-refractivity contribution in [2.24, 2.45) is 5.73 Å². The van der Waals surface area contributed by atoms with E-state index in [9.17, 15) is 14.4 Å². The Labute approximate surface area is 323 Å². The average Bonchev–Trinajstić information content (AvgIpc) is 3.41. The molecule has 0 heterocycles. The maximum Gasteiger partial charge on any atom is 0.407 e. The normalized spacial score (nSPS) is 14.3. The topological polar surface area (TPSA) is 159 Å². The maximum atomic E-state index is 12.5. The van der Waals surface area contributed by atoms with E-state index in [1.54, 1.807) is 12.2 Å². The van der Waals surface area contributed by atoms with Gasteiger partial charge in [0.2, 0.25) is 0 Å². The molecule has 2 rings (SSSR count). The smallest absolute Gasteiger partial charge is 0.407 e. The van der Waals surface area contributed by atoms with Gasteiger partial charge in [-0.2, -0.15) is 0 Å². The molecule has 0 spiro atoms. The number of nitrogens with two attached hydrogens (primary N) is 1. The number of fused-ring (bicyclic) bond motifs is 1. The van der Waals surface area contributed by atoms with Crippen LogP contribution in [0, 0.1) is 0 Å². The zero-order valence-electron chi connectivity index (χ0n) is 33.7. The number of rotatable bonds is 21. The fraction of sp³-hybridized carbons (Fsp3) is 0.548. The number of nitrogens with one attached hydrogen (secondary N) is 3. The largest absolute Gasteiger partial charge is 0.493 e. The summed E-state index contributed by atoms with van der Waals surface area (Å²) in [7, 11) is 0. The number of benzene rings is 1. The molecule has 12 nitrogen and oxygen atoms in total. The van der Waals surface area contributed by atoms with Gasteiger partial charge in [0.1, 0.15) is 42.5 Å². The Hall–Kier alpha value is -4.71. The van der Waals surface area contributed by atoms with Crippen molar-refractivity contribution in [3.05, 3.63) is 91.5 Å². The number of hydrogen-bond acceptors (Lipinski definition) is 9. The molecule has 54 heavy (non-hydrogen) atoms. The number of unbranched alkanes of at least 4 members (excludes halogenated alkanes) is 2. The molecule has 1 aliphatic rings. The van der Waals surface area contributed by atoms with Crippen LogP contribution in [0.4, 0.5) is 14.4 Å². The maximum absolute atomic E-state index is 12.5. The van der Waals surface area contributed by atoms with Gasteiger partial charge in [0.15, 0.2) is 0 Å². The first-order chi connectivity index (χ1) is 25.4. The van der Waals surface area contributed by atoms with E-state index in [2.05, 4.69) is 67.4 Å². The third-order valence-corrected chi connectivity index (χ3v) is 7.70. The minimum atomic E-state index is -0.533. The highest BCUT2D eigenvalue weighted by Crippen LogP contribution is 2.35. The summed E-state index contributed by atoms with van der Waals surface area (Å²) in [6.45, 7) is 30.0. The minimum absolute atomic E-state index is 0.0412. The van der Waals surface area contributed by atoms with Crippen molar-refractivity contribution < 1.29 is 38.1 Å². The Bertz CT molecular complexity index is 1410. The summed E-state index contributed by atoms with van der Waals surface area (Å²) in [5, 5.41) is 8.31. The molecule has 3 atom stereocenters. The van der Waals surface area contributed by atoms with E-state index in [4.69, 9.17) is 29.4 Å². The van der Waals surface area contributed by atoms with Gasteiger partial charge in [-0.3, -0.25) is 0 Å². The van der Waals surface area contributed by atoms with Gasteiger partial charge in [-0.15, -0.1) is 0 Å². The van der Waals surface area contributed by atoms with Crippen LogP contribution >= 0.6 is 0 Å². The van der Waals surface area contributed by atoms with Gasteiger partial charge in [-0.05, 0) is 104 Å². The number of carbonyl (C=O) groups is 3. The molecule has 1 aromatic carbocycles. The molecule has 0 aromatic heterocycles. The van der Waals surface area contributed by atoms with Gasteiger partial charge >= 0.3 is 18.3 Å². The van der Waals surface area contributed by atoms with Crippen LogP contribution in [0.2, 0.25) is 0 Å². The number of hydrogen-bond donors (Lipinski definition) is 4. The van der Waals surface area contributed by atoms with E-state index in [0.29, 0.717) is 50.7 Å². The highest BCUT2D eigenvalue weighted by atomic mass is 16.6. The van der Waals surface area contributed by atoms with Crippen molar-refractivity contribution in [1.82, 2.24) is 16.0 Å². The minimum Gasteiger partial charge on any atom is -0.493 e. The highest BCUT2D eigenvalue weighted by Gasteiger charge is 2.24. The second kappa shape index (κ2) is 24.6. The van der Waals surface area contributed by atoms with E-state index < -0.39 is 29.4 Å². The highest BCUT2D eigenvalue weighted by molar-refractivity contribution is 5.74. The predicted molar refractivity (Wildman–Crippen MR) is 216 cm³/mol. The summed E-state index contributed by atoms with van der Waals surface area (Å²) >= 11 is 0. The Kier molecular flexibility index (Phi) is 21.5. The quantitative estimate of drug-likeness (QED) is 0.0418. The summed E-state index contributed by atoms with van der Waals surface area (Å²) in [6.07, 6.45) is 8.57. The van der Waals surface area contributed by atoms with Crippen molar-refractivity contribution in [2.75, 3.05) is 32.9 Å². The van der Waals surface area contributed by atoms with Gasteiger partial charge in [-0.1, -0.05) is 68.8 Å². The monoisotopic (exact) mass is 754 g/mol. The van der Waals surface area contributed by atoms with Crippen molar-refractivity contribution in [2.45, 2.75) is 116 Å². The van der Waals surface area contributed by atoms with E-state index in [-0.39, 0.29) is 24.7 Å². The third-order valence-electron chi connectivity index (χ3n) is 7.70. The number of alkyl carbamates (subject to hydrolysis) is 3. The Morgan fingerprint density at radius 1 is 0.778 bits per heavy atom. The summed E-state index contributed by atoms with van der Waals surface area (Å²) in [6, 6.07) is 7.55. The molecule has 0 saturated heterocycles. The van der Waals surface area contributed by atoms with Crippen LogP contribution in [-0.2, 0) is 23.7 Å². The lowest BCUT2D eigenvalue weighted by Gasteiger charge is -2.22. The third kappa shape index (κ3) is 21.1. The number of amides is 3. The number of carbonyl (C=O) groups excluding carboxylic acids is 3. The lowest BCUT2D eigenvalue weighted by atomic mass is 10.0. The van der Waals surface area contributed by atoms with E-state index in [1.165, 1.54) is 16.7 Å².